The van der Waals surface area contributed by atoms with Crippen LogP contribution in [0.2, 0.25) is 0 Å². The molecule has 0 aliphatic heterocycles. The molecule has 86 valence electrons. The van der Waals surface area contributed by atoms with Gasteiger partial charge in [-0.1, -0.05) is 34.1 Å². The largest absolute Gasteiger partial charge is 0.243 e. The molecule has 0 amide bonds. The number of aromatic nitrogens is 2. The Bertz CT molecular complexity index is 305. The number of rotatable bonds is 4. The predicted molar refractivity (Wildman–Crippen MR) is 63.8 cm³/mol. The van der Waals surface area contributed by atoms with Crippen LogP contribution in [0.3, 0.4) is 0 Å². The Balaban J connectivity index is 2.69. The van der Waals surface area contributed by atoms with Gasteiger partial charge in [0.15, 0.2) is 0 Å². The third kappa shape index (κ3) is 3.37. The van der Waals surface area contributed by atoms with Crippen molar-refractivity contribution in [3.8, 4) is 0 Å². The second-order valence-corrected chi connectivity index (χ2v) is 5.44. The fourth-order valence-corrected chi connectivity index (χ4v) is 1.96. The van der Waals surface area contributed by atoms with Crippen molar-refractivity contribution in [3.05, 3.63) is 18.2 Å². The van der Waals surface area contributed by atoms with Gasteiger partial charge in [0.1, 0.15) is 11.9 Å². The lowest BCUT2D eigenvalue weighted by atomic mass is 9.93. The minimum Gasteiger partial charge on any atom is -0.237 e. The number of imidazole rings is 1. The Labute approximate surface area is 93.9 Å². The number of unbranched alkanes of at least 4 members (excludes halogenated alkanes) is 2. The van der Waals surface area contributed by atoms with E-state index in [2.05, 4.69) is 56.4 Å². The average molecular weight is 209 g/mol. The third-order valence-electron chi connectivity index (χ3n) is 2.78. The molecule has 0 fully saturated rings. The number of hydrogen-bond donors (Lipinski definition) is 0. The fraction of sp³-hybridized carbons (Fsp3) is 0.769. The number of hydrogen-bond acceptors (Lipinski definition) is 0. The van der Waals surface area contributed by atoms with Gasteiger partial charge >= 0.3 is 0 Å². The smallest absolute Gasteiger partial charge is 0.237 e. The van der Waals surface area contributed by atoms with E-state index in [1.54, 1.807) is 0 Å². The minimum absolute atomic E-state index is 0.241. The molecule has 2 nitrogen and oxygen atoms in total. The van der Waals surface area contributed by atoms with Crippen molar-refractivity contribution in [2.24, 2.45) is 7.05 Å². The normalized spacial score (nSPS) is 12.1. The van der Waals surface area contributed by atoms with Crippen LogP contribution in [0.25, 0.3) is 0 Å². The molecule has 0 aromatic carbocycles. The van der Waals surface area contributed by atoms with Crippen LogP contribution in [0.4, 0.5) is 0 Å². The molecule has 0 unspecified atom stereocenters. The average Bonchev–Trinajstić information content (AvgIpc) is 2.47. The highest BCUT2D eigenvalue weighted by Gasteiger charge is 2.23. The summed E-state index contributed by atoms with van der Waals surface area (Å²) in [5, 5.41) is 0. The summed E-state index contributed by atoms with van der Waals surface area (Å²) in [7, 11) is 2.14. The van der Waals surface area contributed by atoms with E-state index >= 15 is 0 Å². The second kappa shape index (κ2) is 4.82. The Kier molecular flexibility index (Phi) is 3.95. The molecule has 0 radical (unpaired) electrons. The molecule has 0 saturated heterocycles. The number of aryl methyl sites for hydroxylation is 2. The molecule has 1 aromatic heterocycles. The first-order valence-corrected chi connectivity index (χ1v) is 6.01. The standard InChI is InChI=1S/C13H25N2/c1-6-7-8-9-15-10-12(13(2,3)4)14(5)11-15/h10-11H,6-9H2,1-5H3/q+1. The monoisotopic (exact) mass is 209 g/mol. The van der Waals surface area contributed by atoms with Crippen LogP contribution in [-0.2, 0) is 19.0 Å². The Morgan fingerprint density at radius 2 is 1.93 bits per heavy atom. The van der Waals surface area contributed by atoms with Crippen LogP contribution in [0, 0.1) is 0 Å². The molecule has 0 aliphatic carbocycles. The summed E-state index contributed by atoms with van der Waals surface area (Å²) in [5.74, 6) is 0. The van der Waals surface area contributed by atoms with E-state index < -0.39 is 0 Å². The first-order chi connectivity index (χ1) is 6.95. The van der Waals surface area contributed by atoms with Gasteiger partial charge in [-0.3, -0.25) is 0 Å². The van der Waals surface area contributed by atoms with Crippen LogP contribution in [0.5, 0.6) is 0 Å². The topological polar surface area (TPSA) is 8.81 Å². The molecule has 0 N–H and O–H groups in total. The lowest BCUT2D eigenvalue weighted by Gasteiger charge is -2.13. The molecule has 0 saturated carbocycles. The summed E-state index contributed by atoms with van der Waals surface area (Å²) >= 11 is 0. The summed E-state index contributed by atoms with van der Waals surface area (Å²) in [5.41, 5.74) is 1.64. The molecule has 0 bridgehead atoms. The highest BCUT2D eigenvalue weighted by Crippen LogP contribution is 2.18. The summed E-state index contributed by atoms with van der Waals surface area (Å²) in [6.07, 6.45) is 8.40. The van der Waals surface area contributed by atoms with Crippen LogP contribution in [0.1, 0.15) is 52.7 Å². The molecule has 0 atom stereocenters. The first kappa shape index (κ1) is 12.3. The van der Waals surface area contributed by atoms with Crippen molar-refractivity contribution >= 4 is 0 Å². The summed E-state index contributed by atoms with van der Waals surface area (Å²) < 4.78 is 4.56. The van der Waals surface area contributed by atoms with Gasteiger partial charge in [0, 0.05) is 5.41 Å². The predicted octanol–water partition coefficient (Wildman–Crippen LogP) is 2.80. The van der Waals surface area contributed by atoms with E-state index in [0.717, 1.165) is 6.54 Å². The van der Waals surface area contributed by atoms with E-state index in [1.165, 1.54) is 25.0 Å². The highest BCUT2D eigenvalue weighted by atomic mass is 15.1. The maximum Gasteiger partial charge on any atom is 0.243 e. The molecule has 15 heavy (non-hydrogen) atoms. The van der Waals surface area contributed by atoms with E-state index in [0.29, 0.717) is 0 Å². The van der Waals surface area contributed by atoms with Crippen molar-refractivity contribution in [1.82, 2.24) is 4.57 Å². The van der Waals surface area contributed by atoms with Crippen LogP contribution < -0.4 is 4.57 Å². The van der Waals surface area contributed by atoms with Gasteiger partial charge in [-0.25, -0.2) is 9.13 Å². The van der Waals surface area contributed by atoms with Gasteiger partial charge in [0.25, 0.3) is 0 Å². The zero-order valence-corrected chi connectivity index (χ0v) is 10.9. The summed E-state index contributed by atoms with van der Waals surface area (Å²) in [4.78, 5) is 0. The van der Waals surface area contributed by atoms with Crippen LogP contribution in [-0.4, -0.2) is 4.57 Å². The van der Waals surface area contributed by atoms with E-state index in [-0.39, 0.29) is 5.41 Å². The fourth-order valence-electron chi connectivity index (χ4n) is 1.96. The Morgan fingerprint density at radius 3 is 2.40 bits per heavy atom. The summed E-state index contributed by atoms with van der Waals surface area (Å²) in [6.45, 7) is 10.2. The lowest BCUT2D eigenvalue weighted by Crippen LogP contribution is -2.36. The van der Waals surface area contributed by atoms with E-state index in [1.807, 2.05) is 0 Å². The van der Waals surface area contributed by atoms with Crippen molar-refractivity contribution in [1.29, 1.82) is 0 Å². The highest BCUT2D eigenvalue weighted by molar-refractivity contribution is 5.02. The molecule has 0 aliphatic rings. The summed E-state index contributed by atoms with van der Waals surface area (Å²) in [6, 6.07) is 0. The maximum absolute atomic E-state index is 2.32. The van der Waals surface area contributed by atoms with Gasteiger partial charge < -0.3 is 0 Å². The first-order valence-electron chi connectivity index (χ1n) is 6.01. The van der Waals surface area contributed by atoms with Crippen molar-refractivity contribution in [3.63, 3.8) is 0 Å². The van der Waals surface area contributed by atoms with Crippen molar-refractivity contribution in [2.75, 3.05) is 0 Å². The quantitative estimate of drug-likeness (QED) is 0.532. The molecule has 1 rings (SSSR count). The molecule has 1 heterocycles. The van der Waals surface area contributed by atoms with Crippen molar-refractivity contribution < 1.29 is 4.57 Å². The number of nitrogens with zero attached hydrogens (tertiary/aromatic N) is 2. The minimum atomic E-state index is 0.241. The Hall–Kier alpha value is -0.790. The van der Waals surface area contributed by atoms with Crippen LogP contribution in [0.15, 0.2) is 12.5 Å². The lowest BCUT2D eigenvalue weighted by molar-refractivity contribution is -0.681. The maximum atomic E-state index is 2.32. The zero-order valence-electron chi connectivity index (χ0n) is 10.9. The molecule has 0 spiro atoms. The van der Waals surface area contributed by atoms with E-state index in [4.69, 9.17) is 0 Å². The van der Waals surface area contributed by atoms with Gasteiger partial charge in [-0.15, -0.1) is 0 Å². The molecule has 2 heteroatoms. The Morgan fingerprint density at radius 1 is 1.27 bits per heavy atom. The van der Waals surface area contributed by atoms with Crippen LogP contribution >= 0.6 is 0 Å². The zero-order chi connectivity index (χ0) is 11.5. The van der Waals surface area contributed by atoms with Gasteiger partial charge in [-0.05, 0) is 12.8 Å². The van der Waals surface area contributed by atoms with Crippen molar-refractivity contribution in [2.45, 2.75) is 58.9 Å². The molecular weight excluding hydrogens is 184 g/mol. The molecule has 1 aromatic rings. The SMILES string of the molecule is CCCCCn1cc(C(C)(C)C)[n+](C)c1. The second-order valence-electron chi connectivity index (χ2n) is 5.44. The van der Waals surface area contributed by atoms with E-state index in [9.17, 15) is 0 Å². The third-order valence-corrected chi connectivity index (χ3v) is 2.78. The van der Waals surface area contributed by atoms with Gasteiger partial charge in [0.05, 0.1) is 13.6 Å². The van der Waals surface area contributed by atoms with Gasteiger partial charge in [0.2, 0.25) is 6.33 Å². The van der Waals surface area contributed by atoms with Gasteiger partial charge in [-0.2, -0.15) is 0 Å². The molecular formula is C13H25N2+.